The summed E-state index contributed by atoms with van der Waals surface area (Å²) in [5.74, 6) is 1.96. The first kappa shape index (κ1) is 18.3. The van der Waals surface area contributed by atoms with Gasteiger partial charge in [0.25, 0.3) is 0 Å². The van der Waals surface area contributed by atoms with Crippen molar-refractivity contribution in [2.24, 2.45) is 22.7 Å². The number of hydrogen-bond acceptors (Lipinski definition) is 1. The topological polar surface area (TPSA) is 23.8 Å². The summed E-state index contributed by atoms with van der Waals surface area (Å²) in [5, 5.41) is 8.68. The molecule has 0 N–H and O–H groups in total. The molecule has 0 aliphatic heterocycles. The number of hydrogen-bond donors (Lipinski definition) is 0. The Morgan fingerprint density at radius 3 is 1.79 bits per heavy atom. The Kier molecular flexibility index (Phi) is 6.28. The summed E-state index contributed by atoms with van der Waals surface area (Å²) in [6.07, 6.45) is 24.3. The monoisotopic (exact) mass is 329 g/mol. The third kappa shape index (κ3) is 4.36. The predicted molar refractivity (Wildman–Crippen MR) is 102 cm³/mol. The van der Waals surface area contributed by atoms with Gasteiger partial charge >= 0.3 is 0 Å². The molecule has 2 bridgehead atoms. The standard InChI is InChI=1S/C23H39N/c1-2-11-22-13-16-23(17-14-22,18-15-22)12-10-21-8-6-20(7-9-21)5-3-4-19-24/h20-21H,2-18H2,1H3. The number of nitriles is 1. The van der Waals surface area contributed by atoms with Crippen LogP contribution in [0, 0.1) is 34.0 Å². The van der Waals surface area contributed by atoms with Crippen LogP contribution >= 0.6 is 0 Å². The van der Waals surface area contributed by atoms with Crippen molar-refractivity contribution in [1.29, 1.82) is 5.26 Å². The molecule has 0 aromatic carbocycles. The van der Waals surface area contributed by atoms with Gasteiger partial charge in [-0.1, -0.05) is 39.0 Å². The molecule has 0 radical (unpaired) electrons. The van der Waals surface area contributed by atoms with E-state index in [1.54, 1.807) is 44.9 Å². The van der Waals surface area contributed by atoms with Crippen LogP contribution in [0.3, 0.4) is 0 Å². The highest BCUT2D eigenvalue weighted by atomic mass is 14.5. The van der Waals surface area contributed by atoms with Crippen molar-refractivity contribution in [3.8, 4) is 6.07 Å². The lowest BCUT2D eigenvalue weighted by molar-refractivity contribution is -0.0241. The third-order valence-electron chi connectivity index (χ3n) is 8.29. The van der Waals surface area contributed by atoms with Crippen molar-refractivity contribution in [2.75, 3.05) is 0 Å². The molecule has 4 aliphatic rings. The van der Waals surface area contributed by atoms with E-state index in [1.807, 2.05) is 0 Å². The first-order chi connectivity index (χ1) is 11.7. The van der Waals surface area contributed by atoms with Crippen LogP contribution in [0.2, 0.25) is 0 Å². The van der Waals surface area contributed by atoms with Crippen molar-refractivity contribution in [3.63, 3.8) is 0 Å². The highest BCUT2D eigenvalue weighted by molar-refractivity contribution is 4.99. The second-order valence-electron chi connectivity index (χ2n) is 9.73. The lowest BCUT2D eigenvalue weighted by atomic mass is 9.51. The molecular formula is C23H39N. The summed E-state index contributed by atoms with van der Waals surface area (Å²) in [5.41, 5.74) is 1.54. The van der Waals surface area contributed by atoms with Crippen LogP contribution in [0.1, 0.15) is 116 Å². The molecule has 0 saturated heterocycles. The van der Waals surface area contributed by atoms with Gasteiger partial charge in [-0.3, -0.25) is 0 Å². The van der Waals surface area contributed by atoms with Crippen LogP contribution in [0.5, 0.6) is 0 Å². The Bertz CT molecular complexity index is 399. The number of nitrogens with zero attached hydrogens (tertiary/aromatic N) is 1. The van der Waals surface area contributed by atoms with E-state index in [2.05, 4.69) is 13.0 Å². The third-order valence-corrected chi connectivity index (χ3v) is 8.29. The SMILES string of the molecule is CCCC12CCC(CCC3CCC(CCCC#N)CC3)(CC1)CC2. The Labute approximate surface area is 150 Å². The molecule has 4 fully saturated rings. The summed E-state index contributed by atoms with van der Waals surface area (Å²) in [4.78, 5) is 0. The summed E-state index contributed by atoms with van der Waals surface area (Å²) < 4.78 is 0. The van der Waals surface area contributed by atoms with Crippen molar-refractivity contribution < 1.29 is 0 Å². The highest BCUT2D eigenvalue weighted by Gasteiger charge is 2.47. The quantitative estimate of drug-likeness (QED) is 0.425. The molecule has 1 nitrogen and oxygen atoms in total. The highest BCUT2D eigenvalue weighted by Crippen LogP contribution is 2.60. The second-order valence-corrected chi connectivity index (χ2v) is 9.73. The van der Waals surface area contributed by atoms with E-state index in [1.165, 1.54) is 51.4 Å². The van der Waals surface area contributed by atoms with Gasteiger partial charge in [0.05, 0.1) is 6.07 Å². The van der Waals surface area contributed by atoms with Crippen LogP contribution in [-0.4, -0.2) is 0 Å². The van der Waals surface area contributed by atoms with Gasteiger partial charge < -0.3 is 0 Å². The normalized spacial score (nSPS) is 38.8. The van der Waals surface area contributed by atoms with Crippen molar-refractivity contribution >= 4 is 0 Å². The van der Waals surface area contributed by atoms with E-state index in [0.29, 0.717) is 0 Å². The molecule has 4 aliphatic carbocycles. The van der Waals surface area contributed by atoms with Crippen molar-refractivity contribution in [2.45, 2.75) is 116 Å². The van der Waals surface area contributed by atoms with E-state index >= 15 is 0 Å². The molecule has 0 unspecified atom stereocenters. The van der Waals surface area contributed by atoms with Gasteiger partial charge in [-0.2, -0.15) is 5.26 Å². The number of rotatable bonds is 8. The van der Waals surface area contributed by atoms with E-state index in [9.17, 15) is 0 Å². The van der Waals surface area contributed by atoms with Crippen LogP contribution in [0.25, 0.3) is 0 Å². The van der Waals surface area contributed by atoms with Gasteiger partial charge in [-0.15, -0.1) is 0 Å². The van der Waals surface area contributed by atoms with Gasteiger partial charge in [-0.05, 0) is 93.3 Å². The molecule has 4 saturated carbocycles. The first-order valence-corrected chi connectivity index (χ1v) is 11.1. The van der Waals surface area contributed by atoms with E-state index in [0.717, 1.165) is 35.5 Å². The lowest BCUT2D eigenvalue weighted by Crippen LogP contribution is -2.41. The maximum atomic E-state index is 8.68. The second kappa shape index (κ2) is 8.25. The van der Waals surface area contributed by atoms with Crippen LogP contribution < -0.4 is 0 Å². The maximum absolute atomic E-state index is 8.68. The van der Waals surface area contributed by atoms with Crippen molar-refractivity contribution in [1.82, 2.24) is 0 Å². The average molecular weight is 330 g/mol. The zero-order chi connectivity index (χ0) is 16.9. The molecule has 0 amide bonds. The Balaban J connectivity index is 1.37. The van der Waals surface area contributed by atoms with E-state index in [4.69, 9.17) is 5.26 Å². The van der Waals surface area contributed by atoms with Crippen molar-refractivity contribution in [3.05, 3.63) is 0 Å². The Morgan fingerprint density at radius 1 is 0.792 bits per heavy atom. The maximum Gasteiger partial charge on any atom is 0.0621 e. The van der Waals surface area contributed by atoms with Crippen LogP contribution in [-0.2, 0) is 0 Å². The summed E-state index contributed by atoms with van der Waals surface area (Å²) >= 11 is 0. The fourth-order valence-electron chi connectivity index (χ4n) is 6.41. The molecule has 0 atom stereocenters. The van der Waals surface area contributed by atoms with Gasteiger partial charge in [0.2, 0.25) is 0 Å². The summed E-state index contributed by atoms with van der Waals surface area (Å²) in [6, 6.07) is 2.30. The first-order valence-electron chi connectivity index (χ1n) is 11.1. The molecule has 24 heavy (non-hydrogen) atoms. The summed E-state index contributed by atoms with van der Waals surface area (Å²) in [7, 11) is 0. The van der Waals surface area contributed by atoms with E-state index in [-0.39, 0.29) is 0 Å². The Morgan fingerprint density at radius 2 is 1.29 bits per heavy atom. The molecule has 0 aromatic rings. The minimum Gasteiger partial charge on any atom is -0.198 e. The van der Waals surface area contributed by atoms with Gasteiger partial charge in [0.15, 0.2) is 0 Å². The minimum atomic E-state index is 0.763. The van der Waals surface area contributed by atoms with Crippen LogP contribution in [0.4, 0.5) is 0 Å². The average Bonchev–Trinajstić information content (AvgIpc) is 2.63. The van der Waals surface area contributed by atoms with Crippen LogP contribution in [0.15, 0.2) is 0 Å². The molecule has 136 valence electrons. The molecule has 0 aromatic heterocycles. The molecule has 0 heterocycles. The number of unbranched alkanes of at least 4 members (excludes halogenated alkanes) is 1. The minimum absolute atomic E-state index is 0.763. The number of fused-ring (bicyclic) bond motifs is 3. The lowest BCUT2D eigenvalue weighted by Gasteiger charge is -2.54. The summed E-state index contributed by atoms with van der Waals surface area (Å²) in [6.45, 7) is 2.38. The fraction of sp³-hybridized carbons (Fsp3) is 0.957. The van der Waals surface area contributed by atoms with Gasteiger partial charge in [0, 0.05) is 6.42 Å². The molecular weight excluding hydrogens is 290 g/mol. The molecule has 4 rings (SSSR count). The largest absolute Gasteiger partial charge is 0.198 e. The van der Waals surface area contributed by atoms with Gasteiger partial charge in [0.1, 0.15) is 0 Å². The van der Waals surface area contributed by atoms with Gasteiger partial charge in [-0.25, -0.2) is 0 Å². The molecule has 1 heteroatoms. The Hall–Kier alpha value is -0.510. The van der Waals surface area contributed by atoms with E-state index < -0.39 is 0 Å². The molecule has 0 spiro atoms. The fourth-order valence-corrected chi connectivity index (χ4v) is 6.41. The zero-order valence-corrected chi connectivity index (χ0v) is 16.1. The predicted octanol–water partition coefficient (Wildman–Crippen LogP) is 7.41. The smallest absolute Gasteiger partial charge is 0.0621 e. The zero-order valence-electron chi connectivity index (χ0n) is 16.1.